The molecule has 1 aromatic rings. The van der Waals surface area contributed by atoms with E-state index in [1.807, 2.05) is 11.7 Å². The highest BCUT2D eigenvalue weighted by molar-refractivity contribution is 6.31. The summed E-state index contributed by atoms with van der Waals surface area (Å²) in [5, 5.41) is 8.52. The molecule has 0 spiro atoms. The molecular weight excluding hydrogens is 276 g/mol. The number of hydrogen-bond acceptors (Lipinski definition) is 4. The van der Waals surface area contributed by atoms with E-state index in [1.54, 1.807) is 6.20 Å². The molecule has 0 aromatic carbocycles. The average molecular weight is 301 g/mol. The molecule has 2 heterocycles. The van der Waals surface area contributed by atoms with E-state index < -0.39 is 0 Å². The van der Waals surface area contributed by atoms with Gasteiger partial charge in [-0.1, -0.05) is 11.6 Å². The van der Waals surface area contributed by atoms with E-state index in [4.69, 9.17) is 16.3 Å². The van der Waals surface area contributed by atoms with E-state index in [9.17, 15) is 0 Å². The summed E-state index contributed by atoms with van der Waals surface area (Å²) in [6, 6.07) is 0.121. The molecule has 0 amide bonds. The summed E-state index contributed by atoms with van der Waals surface area (Å²) in [6.07, 6.45) is 1.74. The van der Waals surface area contributed by atoms with E-state index >= 15 is 0 Å². The van der Waals surface area contributed by atoms with Crippen LogP contribution in [0.3, 0.4) is 0 Å². The van der Waals surface area contributed by atoms with Crippen LogP contribution in [0.25, 0.3) is 0 Å². The molecule has 1 aliphatic heterocycles. The fourth-order valence-corrected chi connectivity index (χ4v) is 3.31. The molecule has 5 nitrogen and oxygen atoms in total. The maximum absolute atomic E-state index is 6.38. The minimum absolute atomic E-state index is 0.0604. The lowest BCUT2D eigenvalue weighted by Crippen LogP contribution is -2.56. The lowest BCUT2D eigenvalue weighted by molar-refractivity contribution is -0.0239. The summed E-state index contributed by atoms with van der Waals surface area (Å²) in [6.45, 7) is 10.9. The van der Waals surface area contributed by atoms with Gasteiger partial charge in [-0.05, 0) is 27.8 Å². The van der Waals surface area contributed by atoms with Crippen LogP contribution >= 0.6 is 11.6 Å². The van der Waals surface area contributed by atoms with Gasteiger partial charge in [-0.25, -0.2) is 0 Å². The third-order valence-electron chi connectivity index (χ3n) is 4.23. The number of halogens is 1. The normalized spacial score (nSPS) is 19.2. The first kappa shape index (κ1) is 15.8. The highest BCUT2D eigenvalue weighted by Crippen LogP contribution is 2.34. The molecule has 1 aromatic heterocycles. The van der Waals surface area contributed by atoms with Gasteiger partial charge in [-0.2, -0.15) is 5.10 Å². The lowest BCUT2D eigenvalue weighted by Gasteiger charge is -2.45. The molecule has 1 aliphatic rings. The monoisotopic (exact) mass is 300 g/mol. The summed E-state index contributed by atoms with van der Waals surface area (Å²) in [7, 11) is 1.98. The van der Waals surface area contributed by atoms with Crippen LogP contribution in [0, 0.1) is 0 Å². The number of aromatic nitrogens is 2. The predicted molar refractivity (Wildman–Crippen MR) is 81.2 cm³/mol. The Kier molecular flexibility index (Phi) is 5.07. The summed E-state index contributed by atoms with van der Waals surface area (Å²) in [5.41, 5.74) is 1.00. The summed E-state index contributed by atoms with van der Waals surface area (Å²) >= 11 is 6.38. The number of nitrogens with zero attached hydrogens (tertiary/aromatic N) is 3. The Hall–Kier alpha value is -0.620. The largest absolute Gasteiger partial charge is 0.379 e. The van der Waals surface area contributed by atoms with Crippen molar-refractivity contribution in [1.82, 2.24) is 20.0 Å². The van der Waals surface area contributed by atoms with Gasteiger partial charge in [0.15, 0.2) is 0 Å². The molecule has 6 heteroatoms. The van der Waals surface area contributed by atoms with Crippen LogP contribution in [0.4, 0.5) is 0 Å². The molecule has 0 aliphatic carbocycles. The topological polar surface area (TPSA) is 42.3 Å². The van der Waals surface area contributed by atoms with E-state index in [1.165, 1.54) is 0 Å². The number of rotatable bonds is 5. The minimum atomic E-state index is -0.0604. The molecule has 20 heavy (non-hydrogen) atoms. The first-order chi connectivity index (χ1) is 9.52. The quantitative estimate of drug-likeness (QED) is 0.902. The fraction of sp³-hybridized carbons (Fsp3) is 0.786. The third kappa shape index (κ3) is 2.86. The van der Waals surface area contributed by atoms with E-state index in [-0.39, 0.29) is 11.6 Å². The van der Waals surface area contributed by atoms with Crippen molar-refractivity contribution >= 4 is 11.6 Å². The minimum Gasteiger partial charge on any atom is -0.379 e. The van der Waals surface area contributed by atoms with Gasteiger partial charge < -0.3 is 10.1 Å². The fourth-order valence-electron chi connectivity index (χ4n) is 3.06. The predicted octanol–water partition coefficient (Wildman–Crippen LogP) is 1.93. The van der Waals surface area contributed by atoms with Gasteiger partial charge in [0.1, 0.15) is 0 Å². The Morgan fingerprint density at radius 2 is 2.10 bits per heavy atom. The molecule has 1 atom stereocenters. The average Bonchev–Trinajstić information content (AvgIpc) is 2.82. The number of morpholine rings is 1. The van der Waals surface area contributed by atoms with E-state index in [0.717, 1.165) is 43.6 Å². The number of aryl methyl sites for hydroxylation is 1. The second-order valence-corrected chi connectivity index (χ2v) is 6.08. The van der Waals surface area contributed by atoms with Gasteiger partial charge in [0.25, 0.3) is 0 Å². The van der Waals surface area contributed by atoms with Crippen molar-refractivity contribution in [2.24, 2.45) is 0 Å². The molecule has 0 bridgehead atoms. The number of likely N-dealkylation sites (N-methyl/N-ethyl adjacent to an activating group) is 1. The second-order valence-electron chi connectivity index (χ2n) is 5.67. The van der Waals surface area contributed by atoms with Crippen molar-refractivity contribution in [1.29, 1.82) is 0 Å². The smallest absolute Gasteiger partial charge is 0.0834 e. The Bertz CT molecular complexity index is 440. The van der Waals surface area contributed by atoms with Crippen LogP contribution in [0.1, 0.15) is 32.5 Å². The molecule has 1 fully saturated rings. The van der Waals surface area contributed by atoms with E-state index in [0.29, 0.717) is 0 Å². The second kappa shape index (κ2) is 6.43. The zero-order valence-corrected chi connectivity index (χ0v) is 13.6. The Labute approximate surface area is 126 Å². The van der Waals surface area contributed by atoms with Crippen molar-refractivity contribution in [2.45, 2.75) is 38.9 Å². The van der Waals surface area contributed by atoms with Gasteiger partial charge in [-0.15, -0.1) is 0 Å². The first-order valence-electron chi connectivity index (χ1n) is 7.23. The van der Waals surface area contributed by atoms with Crippen LogP contribution in [-0.2, 0) is 11.3 Å². The van der Waals surface area contributed by atoms with Crippen molar-refractivity contribution in [2.75, 3.05) is 33.4 Å². The van der Waals surface area contributed by atoms with Crippen LogP contribution in [0.2, 0.25) is 5.02 Å². The van der Waals surface area contributed by atoms with Gasteiger partial charge in [-0.3, -0.25) is 9.58 Å². The van der Waals surface area contributed by atoms with Crippen LogP contribution in [0.5, 0.6) is 0 Å². The van der Waals surface area contributed by atoms with Gasteiger partial charge in [0.05, 0.1) is 36.2 Å². The molecule has 0 radical (unpaired) electrons. The zero-order chi connectivity index (χ0) is 14.8. The van der Waals surface area contributed by atoms with Crippen molar-refractivity contribution in [3.8, 4) is 0 Å². The summed E-state index contributed by atoms with van der Waals surface area (Å²) in [4.78, 5) is 2.46. The van der Waals surface area contributed by atoms with Gasteiger partial charge >= 0.3 is 0 Å². The molecule has 1 N–H and O–H groups in total. The Morgan fingerprint density at radius 3 is 2.65 bits per heavy atom. The van der Waals surface area contributed by atoms with Crippen LogP contribution in [-0.4, -0.2) is 53.6 Å². The number of nitrogens with one attached hydrogen (secondary N) is 1. The molecular formula is C14H25ClN4O. The maximum Gasteiger partial charge on any atom is 0.0834 e. The van der Waals surface area contributed by atoms with Crippen molar-refractivity contribution in [3.63, 3.8) is 0 Å². The molecule has 1 saturated heterocycles. The number of hydrogen-bond donors (Lipinski definition) is 1. The molecule has 114 valence electrons. The van der Waals surface area contributed by atoms with Gasteiger partial charge in [0, 0.05) is 25.2 Å². The highest BCUT2D eigenvalue weighted by atomic mass is 35.5. The van der Waals surface area contributed by atoms with Crippen molar-refractivity contribution in [3.05, 3.63) is 16.9 Å². The maximum atomic E-state index is 6.38. The van der Waals surface area contributed by atoms with Crippen molar-refractivity contribution < 1.29 is 4.74 Å². The van der Waals surface area contributed by atoms with Gasteiger partial charge in [0.2, 0.25) is 0 Å². The van der Waals surface area contributed by atoms with Crippen LogP contribution < -0.4 is 5.32 Å². The Morgan fingerprint density at radius 1 is 1.45 bits per heavy atom. The highest BCUT2D eigenvalue weighted by Gasteiger charge is 2.39. The lowest BCUT2D eigenvalue weighted by atomic mass is 9.89. The Balaban J connectivity index is 2.32. The molecule has 1 unspecified atom stereocenters. The SMILES string of the molecule is CCn1ncc(Cl)c1C(NC)C(C)(C)N1CCOCC1. The zero-order valence-electron chi connectivity index (χ0n) is 12.8. The summed E-state index contributed by atoms with van der Waals surface area (Å²) < 4.78 is 7.44. The van der Waals surface area contributed by atoms with Crippen LogP contribution in [0.15, 0.2) is 6.20 Å². The standard InChI is InChI=1S/C14H25ClN4O/c1-5-19-12(11(15)10-17-19)13(16-4)14(2,3)18-6-8-20-9-7-18/h10,13,16H,5-9H2,1-4H3. The van der Waals surface area contributed by atoms with E-state index in [2.05, 4.69) is 36.1 Å². The molecule has 0 saturated carbocycles. The first-order valence-corrected chi connectivity index (χ1v) is 7.61. The third-order valence-corrected chi connectivity index (χ3v) is 4.52. The number of ether oxygens (including phenoxy) is 1. The molecule has 2 rings (SSSR count). The summed E-state index contributed by atoms with van der Waals surface area (Å²) in [5.74, 6) is 0.